The molecular formula is C26H30FN3O4S2. The molecule has 0 spiro atoms. The van der Waals surface area contributed by atoms with Crippen molar-refractivity contribution >= 4 is 40.1 Å². The van der Waals surface area contributed by atoms with Gasteiger partial charge in [0.1, 0.15) is 23.0 Å². The number of fused-ring (bicyclic) bond motifs is 1. The predicted molar refractivity (Wildman–Crippen MR) is 140 cm³/mol. The Morgan fingerprint density at radius 2 is 2.06 bits per heavy atom. The zero-order valence-electron chi connectivity index (χ0n) is 20.6. The van der Waals surface area contributed by atoms with E-state index in [2.05, 4.69) is 15.7 Å². The van der Waals surface area contributed by atoms with Crippen LogP contribution in [0.25, 0.3) is 0 Å². The van der Waals surface area contributed by atoms with E-state index in [-0.39, 0.29) is 12.6 Å². The molecule has 3 rings (SSSR count). The number of anilines is 2. The first-order valence-electron chi connectivity index (χ1n) is 11.7. The first-order valence-corrected chi connectivity index (χ1v) is 14.0. The lowest BCUT2D eigenvalue weighted by molar-refractivity contribution is -0.140. The summed E-state index contributed by atoms with van der Waals surface area (Å²) in [7, 11) is 0.302. The summed E-state index contributed by atoms with van der Waals surface area (Å²) in [6.45, 7) is 2.25. The lowest BCUT2D eigenvalue weighted by Gasteiger charge is -2.30. The van der Waals surface area contributed by atoms with E-state index in [0.717, 1.165) is 36.9 Å². The number of para-hydroxylation sites is 1. The summed E-state index contributed by atoms with van der Waals surface area (Å²) in [4.78, 5) is 15.0. The van der Waals surface area contributed by atoms with Crippen molar-refractivity contribution in [3.63, 3.8) is 0 Å². The van der Waals surface area contributed by atoms with E-state index in [1.54, 1.807) is 13.0 Å². The number of thioether (sulfide) groups is 1. The number of likely N-dealkylation sites (N-methyl/N-ethyl adjacent to an activating group) is 1. The highest BCUT2D eigenvalue weighted by Gasteiger charge is 2.32. The maximum Gasteiger partial charge on any atom is 0.370 e. The lowest BCUT2D eigenvalue weighted by Crippen LogP contribution is -2.38. The van der Waals surface area contributed by atoms with E-state index in [1.807, 2.05) is 54.0 Å². The van der Waals surface area contributed by atoms with Crippen molar-refractivity contribution in [1.29, 1.82) is 5.26 Å². The third kappa shape index (κ3) is 6.66. The van der Waals surface area contributed by atoms with Crippen molar-refractivity contribution in [2.24, 2.45) is 0 Å². The van der Waals surface area contributed by atoms with E-state index >= 15 is 0 Å². The molecule has 10 heteroatoms. The van der Waals surface area contributed by atoms with Crippen LogP contribution in [-0.2, 0) is 20.5 Å². The van der Waals surface area contributed by atoms with Gasteiger partial charge >= 0.3 is 5.97 Å². The van der Waals surface area contributed by atoms with Crippen molar-refractivity contribution < 1.29 is 22.9 Å². The topological polar surface area (TPSA) is 82.9 Å². The molecule has 0 amide bonds. The number of nitrogens with zero attached hydrogens (tertiary/aromatic N) is 3. The molecule has 0 radical (unpaired) electrons. The molecule has 0 aliphatic carbocycles. The van der Waals surface area contributed by atoms with Gasteiger partial charge in [-0.2, -0.15) is 9.65 Å². The quantitative estimate of drug-likeness (QED) is 0.127. The van der Waals surface area contributed by atoms with E-state index in [0.29, 0.717) is 28.5 Å². The van der Waals surface area contributed by atoms with Crippen LogP contribution in [0.1, 0.15) is 32.6 Å². The molecule has 36 heavy (non-hydrogen) atoms. The zero-order chi connectivity index (χ0) is 26.1. The summed E-state index contributed by atoms with van der Waals surface area (Å²) in [6.07, 6.45) is 5.50. The van der Waals surface area contributed by atoms with Gasteiger partial charge in [-0.05, 0) is 44.2 Å². The van der Waals surface area contributed by atoms with Crippen LogP contribution in [0, 0.1) is 11.3 Å². The fourth-order valence-corrected chi connectivity index (χ4v) is 5.77. The van der Waals surface area contributed by atoms with Crippen LogP contribution in [0.3, 0.4) is 0 Å². The van der Waals surface area contributed by atoms with Gasteiger partial charge in [-0.3, -0.25) is 0 Å². The van der Waals surface area contributed by atoms with Crippen LogP contribution >= 0.6 is 11.8 Å². The number of unbranched alkanes of at least 4 members (excludes halogenated alkanes) is 2. The van der Waals surface area contributed by atoms with Crippen LogP contribution in [-0.4, -0.2) is 47.0 Å². The van der Waals surface area contributed by atoms with Gasteiger partial charge in [-0.15, -0.1) is 11.8 Å². The molecule has 0 saturated carbocycles. The number of esters is 1. The Balaban J connectivity index is 2.03. The third-order valence-electron chi connectivity index (χ3n) is 5.80. The number of nitriles is 1. The van der Waals surface area contributed by atoms with Gasteiger partial charge in [0.2, 0.25) is 5.83 Å². The number of benzene rings is 2. The van der Waals surface area contributed by atoms with Gasteiger partial charge in [0, 0.05) is 37.8 Å². The first-order chi connectivity index (χ1) is 17.4. The van der Waals surface area contributed by atoms with Crippen molar-refractivity contribution in [1.82, 2.24) is 4.31 Å². The summed E-state index contributed by atoms with van der Waals surface area (Å²) in [5.74, 6) is -1.96. The average molecular weight is 532 g/mol. The monoisotopic (exact) mass is 531 g/mol. The highest BCUT2D eigenvalue weighted by Crippen LogP contribution is 2.42. The van der Waals surface area contributed by atoms with Crippen LogP contribution in [0.4, 0.5) is 15.8 Å². The molecule has 2 atom stereocenters. The normalized spacial score (nSPS) is 18.2. The smallest absolute Gasteiger partial charge is 0.370 e. The molecule has 0 bridgehead atoms. The van der Waals surface area contributed by atoms with Crippen molar-refractivity contribution in [2.45, 2.75) is 48.4 Å². The Kier molecular flexibility index (Phi) is 10.3. The molecule has 0 fully saturated rings. The SMILES string of the molecule is CCOC(=O)/C(F)=C/Oc1cc2c(cc1SC)N(c1ccccc1)CC(CCCCC#N)N(C)S2=O. The Bertz CT molecular complexity index is 1150. The minimum atomic E-state index is -1.52. The molecule has 1 heterocycles. The standard InChI is InChI=1S/C26H30FN3O4S2/c1-4-33-26(31)21(27)18-34-23-16-25-22(15-24(23)35-3)30(19-11-7-5-8-12-19)17-20(29(2)36(25)32)13-9-6-10-14-28/h5,7-8,11-12,15-16,18,20H,4,6,9-10,13,17H2,1-3H3/b21-18-. The minimum Gasteiger partial charge on any atom is -0.461 e. The summed E-state index contributed by atoms with van der Waals surface area (Å²) < 4.78 is 39.9. The largest absolute Gasteiger partial charge is 0.461 e. The highest BCUT2D eigenvalue weighted by molar-refractivity contribution is 7.98. The van der Waals surface area contributed by atoms with Gasteiger partial charge < -0.3 is 14.4 Å². The first kappa shape index (κ1) is 27.7. The Hall–Kier alpha value is -2.87. The van der Waals surface area contributed by atoms with E-state index in [1.165, 1.54) is 11.8 Å². The molecule has 0 N–H and O–H groups in total. The van der Waals surface area contributed by atoms with E-state index in [9.17, 15) is 13.4 Å². The van der Waals surface area contributed by atoms with Crippen molar-refractivity contribution in [3.05, 3.63) is 54.6 Å². The number of rotatable bonds is 10. The lowest BCUT2D eigenvalue weighted by atomic mass is 10.1. The molecule has 0 saturated heterocycles. The van der Waals surface area contributed by atoms with Gasteiger partial charge in [0.15, 0.2) is 0 Å². The van der Waals surface area contributed by atoms with Crippen LogP contribution in [0.2, 0.25) is 0 Å². The highest BCUT2D eigenvalue weighted by atomic mass is 32.2. The second-order valence-electron chi connectivity index (χ2n) is 8.07. The average Bonchev–Trinajstić information content (AvgIpc) is 2.99. The second kappa shape index (κ2) is 13.4. The number of carbonyl (C=O) groups excluding carboxylic acids is 1. The summed E-state index contributed by atoms with van der Waals surface area (Å²) in [6, 6.07) is 15.6. The summed E-state index contributed by atoms with van der Waals surface area (Å²) in [5.41, 5.74) is 1.74. The summed E-state index contributed by atoms with van der Waals surface area (Å²) >= 11 is 1.40. The predicted octanol–water partition coefficient (Wildman–Crippen LogP) is 5.72. The number of hydrogen-bond acceptors (Lipinski definition) is 7. The maximum atomic E-state index is 14.1. The van der Waals surface area contributed by atoms with E-state index in [4.69, 9.17) is 10.00 Å². The van der Waals surface area contributed by atoms with Gasteiger partial charge in [-0.1, -0.05) is 24.6 Å². The molecule has 1 aliphatic heterocycles. The molecule has 1 aliphatic rings. The van der Waals surface area contributed by atoms with Gasteiger partial charge in [0.25, 0.3) is 0 Å². The number of halogens is 1. The number of carbonyl (C=O) groups is 1. The van der Waals surface area contributed by atoms with Crippen molar-refractivity contribution in [3.8, 4) is 11.8 Å². The Labute approximate surface area is 218 Å². The Morgan fingerprint density at radius 1 is 1.31 bits per heavy atom. The fraction of sp³-hybridized carbons (Fsp3) is 0.385. The van der Waals surface area contributed by atoms with Crippen LogP contribution in [0.5, 0.6) is 5.75 Å². The van der Waals surface area contributed by atoms with Gasteiger partial charge in [0.05, 0.1) is 28.2 Å². The number of hydrogen-bond donors (Lipinski definition) is 0. The van der Waals surface area contributed by atoms with Gasteiger partial charge in [-0.25, -0.2) is 13.3 Å². The molecule has 2 unspecified atom stereocenters. The van der Waals surface area contributed by atoms with E-state index < -0.39 is 22.8 Å². The maximum absolute atomic E-state index is 14.1. The van der Waals surface area contributed by atoms with Crippen LogP contribution in [0.15, 0.2) is 64.3 Å². The molecule has 7 nitrogen and oxygen atoms in total. The molecule has 0 aromatic heterocycles. The second-order valence-corrected chi connectivity index (χ2v) is 10.4. The molecule has 2 aromatic rings. The molecular weight excluding hydrogens is 501 g/mol. The third-order valence-corrected chi connectivity index (χ3v) is 8.08. The molecule has 192 valence electrons. The molecule has 2 aromatic carbocycles. The summed E-state index contributed by atoms with van der Waals surface area (Å²) in [5, 5.41) is 8.88. The minimum absolute atomic E-state index is 0.0274. The van der Waals surface area contributed by atoms with Crippen LogP contribution < -0.4 is 9.64 Å². The fourth-order valence-electron chi connectivity index (χ4n) is 3.92. The van der Waals surface area contributed by atoms with Crippen molar-refractivity contribution in [2.75, 3.05) is 31.4 Å². The zero-order valence-corrected chi connectivity index (χ0v) is 22.2. The number of ether oxygens (including phenoxy) is 2. The Morgan fingerprint density at radius 3 is 2.72 bits per heavy atom.